The van der Waals surface area contributed by atoms with Gasteiger partial charge in [-0.3, -0.25) is 3.53 Å². The van der Waals surface area contributed by atoms with E-state index < -0.39 is 0 Å². The average Bonchev–Trinajstić information content (AvgIpc) is 2.27. The number of aryl methyl sites for hydroxylation is 1. The predicted octanol–water partition coefficient (Wildman–Crippen LogP) is 3.01. The molecule has 1 aliphatic carbocycles. The van der Waals surface area contributed by atoms with Crippen LogP contribution in [0.2, 0.25) is 0 Å². The van der Waals surface area contributed by atoms with Gasteiger partial charge in [0.25, 0.3) is 0 Å². The van der Waals surface area contributed by atoms with E-state index in [9.17, 15) is 0 Å². The summed E-state index contributed by atoms with van der Waals surface area (Å²) in [5, 5.41) is 0. The SMILES string of the molecule is COc1ccc2c(c1)CCCC2NI. The maximum absolute atomic E-state index is 5.23. The van der Waals surface area contributed by atoms with E-state index in [1.54, 1.807) is 7.11 Å². The van der Waals surface area contributed by atoms with E-state index in [1.807, 2.05) is 6.07 Å². The smallest absolute Gasteiger partial charge is 0.119 e. The fraction of sp³-hybridized carbons (Fsp3) is 0.455. The lowest BCUT2D eigenvalue weighted by molar-refractivity contribution is 0.413. The Labute approximate surface area is 98.5 Å². The van der Waals surface area contributed by atoms with E-state index in [0.717, 1.165) is 5.75 Å². The molecule has 0 fully saturated rings. The van der Waals surface area contributed by atoms with Gasteiger partial charge in [-0.15, -0.1) is 0 Å². The van der Waals surface area contributed by atoms with Crippen molar-refractivity contribution in [2.75, 3.05) is 7.11 Å². The second-order valence-electron chi connectivity index (χ2n) is 3.62. The lowest BCUT2D eigenvalue weighted by Gasteiger charge is -2.24. The third-order valence-corrected chi connectivity index (χ3v) is 3.55. The van der Waals surface area contributed by atoms with Gasteiger partial charge in [-0.1, -0.05) is 6.07 Å². The number of methoxy groups -OCH3 is 1. The van der Waals surface area contributed by atoms with Crippen molar-refractivity contribution in [3.8, 4) is 5.75 Å². The minimum atomic E-state index is 0.519. The quantitative estimate of drug-likeness (QED) is 0.670. The molecule has 1 aromatic carbocycles. The van der Waals surface area contributed by atoms with Gasteiger partial charge in [0.2, 0.25) is 0 Å². The first-order chi connectivity index (χ1) is 6.85. The van der Waals surface area contributed by atoms with Gasteiger partial charge in [0, 0.05) is 28.9 Å². The molecule has 1 unspecified atom stereocenters. The molecule has 76 valence electrons. The van der Waals surface area contributed by atoms with Gasteiger partial charge in [-0.05, 0) is 42.5 Å². The molecule has 0 saturated carbocycles. The van der Waals surface area contributed by atoms with Crippen LogP contribution in [-0.2, 0) is 6.42 Å². The Morgan fingerprint density at radius 1 is 1.50 bits per heavy atom. The molecule has 0 bridgehead atoms. The Kier molecular flexibility index (Phi) is 3.28. The zero-order chi connectivity index (χ0) is 9.97. The summed E-state index contributed by atoms with van der Waals surface area (Å²) in [6.07, 6.45) is 3.68. The van der Waals surface area contributed by atoms with Crippen LogP contribution in [0.3, 0.4) is 0 Å². The van der Waals surface area contributed by atoms with Gasteiger partial charge in [-0.25, -0.2) is 0 Å². The first kappa shape index (κ1) is 10.2. The largest absolute Gasteiger partial charge is 0.497 e. The molecule has 0 aliphatic heterocycles. The minimum absolute atomic E-state index is 0.519. The van der Waals surface area contributed by atoms with Crippen LogP contribution >= 0.6 is 22.9 Å². The first-order valence-electron chi connectivity index (χ1n) is 4.88. The molecule has 3 heteroatoms. The molecule has 0 saturated heterocycles. The highest BCUT2D eigenvalue weighted by Crippen LogP contribution is 2.32. The van der Waals surface area contributed by atoms with Crippen LogP contribution in [0.4, 0.5) is 0 Å². The molecule has 0 heterocycles. The maximum Gasteiger partial charge on any atom is 0.119 e. The van der Waals surface area contributed by atoms with Crippen LogP contribution in [-0.4, -0.2) is 7.11 Å². The van der Waals surface area contributed by atoms with Crippen molar-refractivity contribution >= 4 is 22.9 Å². The Hall–Kier alpha value is -0.290. The number of benzene rings is 1. The zero-order valence-corrected chi connectivity index (χ0v) is 10.4. The molecule has 2 rings (SSSR count). The highest BCUT2D eigenvalue weighted by Gasteiger charge is 2.19. The summed E-state index contributed by atoms with van der Waals surface area (Å²) in [5.41, 5.74) is 2.87. The van der Waals surface area contributed by atoms with Crippen molar-refractivity contribution in [1.29, 1.82) is 0 Å². The van der Waals surface area contributed by atoms with Crippen LogP contribution in [0.25, 0.3) is 0 Å². The van der Waals surface area contributed by atoms with Crippen molar-refractivity contribution in [2.45, 2.75) is 25.3 Å². The van der Waals surface area contributed by atoms with Crippen LogP contribution in [0.5, 0.6) is 5.75 Å². The first-order valence-corrected chi connectivity index (χ1v) is 5.96. The summed E-state index contributed by atoms with van der Waals surface area (Å²) in [6.45, 7) is 0. The molecule has 14 heavy (non-hydrogen) atoms. The highest BCUT2D eigenvalue weighted by atomic mass is 127. The monoisotopic (exact) mass is 303 g/mol. The summed E-state index contributed by atoms with van der Waals surface area (Å²) in [7, 11) is 1.72. The standard InChI is InChI=1S/C11H14INO/c1-14-9-5-6-10-8(7-9)3-2-4-11(10)13-12/h5-7,11,13H,2-4H2,1H3. The van der Waals surface area contributed by atoms with Crippen molar-refractivity contribution in [1.82, 2.24) is 3.53 Å². The molecular weight excluding hydrogens is 289 g/mol. The summed E-state index contributed by atoms with van der Waals surface area (Å²) in [5.74, 6) is 0.970. The minimum Gasteiger partial charge on any atom is -0.497 e. The number of nitrogens with one attached hydrogen (secondary N) is 1. The lowest BCUT2D eigenvalue weighted by atomic mass is 9.88. The van der Waals surface area contributed by atoms with Crippen LogP contribution < -0.4 is 8.27 Å². The Bertz CT molecular complexity index is 327. The van der Waals surface area contributed by atoms with Crippen molar-refractivity contribution in [3.63, 3.8) is 0 Å². The van der Waals surface area contributed by atoms with Crippen molar-refractivity contribution in [3.05, 3.63) is 29.3 Å². The van der Waals surface area contributed by atoms with Crippen molar-refractivity contribution < 1.29 is 4.74 Å². The normalized spacial score (nSPS) is 20.3. The maximum atomic E-state index is 5.23. The second-order valence-corrected chi connectivity index (χ2v) is 4.24. The molecule has 0 radical (unpaired) electrons. The molecule has 2 nitrogen and oxygen atoms in total. The number of hydrogen-bond donors (Lipinski definition) is 1. The van der Waals surface area contributed by atoms with E-state index in [0.29, 0.717) is 6.04 Å². The number of rotatable bonds is 2. The lowest BCUT2D eigenvalue weighted by Crippen LogP contribution is -2.17. The number of ether oxygens (including phenoxy) is 1. The molecule has 1 aliphatic rings. The molecule has 1 atom stereocenters. The van der Waals surface area contributed by atoms with Gasteiger partial charge < -0.3 is 4.74 Å². The molecule has 1 aromatic rings. The number of fused-ring (bicyclic) bond motifs is 1. The van der Waals surface area contributed by atoms with Crippen LogP contribution in [0, 0.1) is 0 Å². The summed E-state index contributed by atoms with van der Waals surface area (Å²) < 4.78 is 8.55. The van der Waals surface area contributed by atoms with Gasteiger partial charge in [0.15, 0.2) is 0 Å². The van der Waals surface area contributed by atoms with E-state index in [2.05, 4.69) is 38.5 Å². The molecule has 0 aromatic heterocycles. The Morgan fingerprint density at radius 2 is 2.36 bits per heavy atom. The molecule has 0 amide bonds. The Balaban J connectivity index is 2.35. The number of hydrogen-bond acceptors (Lipinski definition) is 2. The van der Waals surface area contributed by atoms with Crippen molar-refractivity contribution in [2.24, 2.45) is 0 Å². The Morgan fingerprint density at radius 3 is 3.07 bits per heavy atom. The molecule has 1 N–H and O–H groups in total. The van der Waals surface area contributed by atoms with E-state index in [4.69, 9.17) is 4.74 Å². The van der Waals surface area contributed by atoms with E-state index >= 15 is 0 Å². The van der Waals surface area contributed by atoms with E-state index in [1.165, 1.54) is 30.4 Å². The predicted molar refractivity (Wildman–Crippen MR) is 65.8 cm³/mol. The van der Waals surface area contributed by atoms with Crippen LogP contribution in [0.1, 0.15) is 30.0 Å². The fourth-order valence-corrected chi connectivity index (χ4v) is 2.68. The third-order valence-electron chi connectivity index (χ3n) is 2.80. The number of halogens is 1. The van der Waals surface area contributed by atoms with Gasteiger partial charge >= 0.3 is 0 Å². The van der Waals surface area contributed by atoms with Gasteiger partial charge in [-0.2, -0.15) is 0 Å². The van der Waals surface area contributed by atoms with E-state index in [-0.39, 0.29) is 0 Å². The fourth-order valence-electron chi connectivity index (χ4n) is 2.03. The molecule has 0 spiro atoms. The molecular formula is C11H14INO. The highest BCUT2D eigenvalue weighted by molar-refractivity contribution is 14.1. The second kappa shape index (κ2) is 4.49. The summed E-state index contributed by atoms with van der Waals surface area (Å²) in [4.78, 5) is 0. The van der Waals surface area contributed by atoms with Gasteiger partial charge in [0.05, 0.1) is 7.11 Å². The topological polar surface area (TPSA) is 21.3 Å². The summed E-state index contributed by atoms with van der Waals surface area (Å²) >= 11 is 2.24. The zero-order valence-electron chi connectivity index (χ0n) is 8.22. The van der Waals surface area contributed by atoms with Crippen LogP contribution in [0.15, 0.2) is 18.2 Å². The summed E-state index contributed by atoms with van der Waals surface area (Å²) in [6, 6.07) is 6.91. The average molecular weight is 303 g/mol. The van der Waals surface area contributed by atoms with Gasteiger partial charge in [0.1, 0.15) is 5.75 Å². The third kappa shape index (κ3) is 1.88.